The minimum Gasteiger partial charge on any atom is -0.444 e. The smallest absolute Gasteiger partial charge is 0.410 e. The predicted molar refractivity (Wildman–Crippen MR) is 109 cm³/mol. The lowest BCUT2D eigenvalue weighted by molar-refractivity contribution is -0.174. The van der Waals surface area contributed by atoms with E-state index in [9.17, 15) is 9.18 Å². The van der Waals surface area contributed by atoms with Crippen molar-refractivity contribution in [1.82, 2.24) is 15.0 Å². The molecule has 9 heteroatoms. The predicted octanol–water partition coefficient (Wildman–Crippen LogP) is 4.54. The molecule has 1 amide bonds. The Morgan fingerprint density at radius 3 is 2.53 bits per heavy atom. The quantitative estimate of drug-likeness (QED) is 0.561. The summed E-state index contributed by atoms with van der Waals surface area (Å²) >= 11 is 0. The van der Waals surface area contributed by atoms with E-state index >= 15 is 0 Å². The summed E-state index contributed by atoms with van der Waals surface area (Å²) in [5.74, 6) is 0.738. The van der Waals surface area contributed by atoms with E-state index in [1.165, 1.54) is 4.90 Å². The van der Waals surface area contributed by atoms with Crippen molar-refractivity contribution in [3.8, 4) is 0 Å². The fourth-order valence-electron chi connectivity index (χ4n) is 3.21. The average molecular weight is 430 g/mol. The summed E-state index contributed by atoms with van der Waals surface area (Å²) < 4.78 is 37.0. The summed E-state index contributed by atoms with van der Waals surface area (Å²) in [6, 6.07) is -0.645. The van der Waals surface area contributed by atoms with Crippen LogP contribution < -0.4 is 0 Å². The molecule has 1 saturated heterocycles. The zero-order valence-corrected chi connectivity index (χ0v) is 19.4. The van der Waals surface area contributed by atoms with Gasteiger partial charge >= 0.3 is 6.09 Å². The molecule has 1 aromatic heterocycles. The lowest BCUT2D eigenvalue weighted by atomic mass is 9.90. The molecule has 4 atom stereocenters. The number of ether oxygens (including phenoxy) is 3. The molecular formula is C21H36FN3O5. The first-order valence-electron chi connectivity index (χ1n) is 10.6. The molecule has 0 aliphatic carbocycles. The molecule has 1 aliphatic rings. The second-order valence-corrected chi connectivity index (χ2v) is 9.31. The van der Waals surface area contributed by atoms with Crippen LogP contribution in [0.2, 0.25) is 0 Å². The van der Waals surface area contributed by atoms with Gasteiger partial charge in [0.1, 0.15) is 17.9 Å². The zero-order valence-electron chi connectivity index (χ0n) is 19.4. The fourth-order valence-corrected chi connectivity index (χ4v) is 3.21. The highest BCUT2D eigenvalue weighted by Crippen LogP contribution is 2.35. The molecule has 0 N–H and O–H groups in total. The second kappa shape index (κ2) is 9.60. The van der Waals surface area contributed by atoms with Crippen LogP contribution in [0.25, 0.3) is 0 Å². The van der Waals surface area contributed by atoms with Crippen LogP contribution >= 0.6 is 0 Å². The van der Waals surface area contributed by atoms with Gasteiger partial charge in [0.2, 0.25) is 11.7 Å². The summed E-state index contributed by atoms with van der Waals surface area (Å²) in [6.45, 7) is 15.3. The molecule has 1 aromatic rings. The van der Waals surface area contributed by atoms with Crippen molar-refractivity contribution in [2.45, 2.75) is 104 Å². The summed E-state index contributed by atoms with van der Waals surface area (Å²) in [5, 5.41) is 4.11. The first-order chi connectivity index (χ1) is 13.9. The van der Waals surface area contributed by atoms with E-state index in [2.05, 4.69) is 10.1 Å². The van der Waals surface area contributed by atoms with Crippen molar-refractivity contribution in [2.75, 3.05) is 13.2 Å². The van der Waals surface area contributed by atoms with Crippen LogP contribution in [0.4, 0.5) is 9.18 Å². The topological polar surface area (TPSA) is 86.9 Å². The van der Waals surface area contributed by atoms with Crippen LogP contribution in [0.3, 0.4) is 0 Å². The number of carbonyl (C=O) groups is 1. The summed E-state index contributed by atoms with van der Waals surface area (Å²) in [6.07, 6.45) is -2.32. The fraction of sp³-hybridized carbons (Fsp3) is 0.857. The lowest BCUT2D eigenvalue weighted by Gasteiger charge is -2.32. The van der Waals surface area contributed by atoms with Crippen LogP contribution in [0, 0.1) is 0 Å². The van der Waals surface area contributed by atoms with Gasteiger partial charge < -0.3 is 18.7 Å². The third-order valence-electron chi connectivity index (χ3n) is 5.17. The maximum atomic E-state index is 14.4. The molecule has 0 saturated carbocycles. The van der Waals surface area contributed by atoms with Crippen molar-refractivity contribution in [3.63, 3.8) is 0 Å². The summed E-state index contributed by atoms with van der Waals surface area (Å²) in [7, 11) is 0. The molecule has 8 nitrogen and oxygen atoms in total. The standard InChI is InChI=1S/C21H36FN3O5/c1-9-21(7,8)18-23-17(24-30-18)16(28-13(3)27-10-2)15-11-14(22)12-25(15)19(26)29-20(4,5)6/h13-16H,9-12H2,1-8H3. The van der Waals surface area contributed by atoms with Gasteiger partial charge in [-0.3, -0.25) is 4.90 Å². The van der Waals surface area contributed by atoms with Gasteiger partial charge in [-0.15, -0.1) is 0 Å². The number of alkyl halides is 1. The minimum absolute atomic E-state index is 0.0758. The molecule has 2 heterocycles. The summed E-state index contributed by atoms with van der Waals surface area (Å²) in [4.78, 5) is 18.7. The van der Waals surface area contributed by atoms with E-state index < -0.39 is 36.3 Å². The Bertz CT molecular complexity index is 703. The van der Waals surface area contributed by atoms with Crippen LogP contribution in [-0.4, -0.2) is 58.4 Å². The number of aromatic nitrogens is 2. The van der Waals surface area contributed by atoms with E-state index in [1.54, 1.807) is 27.7 Å². The number of carbonyl (C=O) groups excluding carboxylic acids is 1. The molecule has 4 unspecified atom stereocenters. The van der Waals surface area contributed by atoms with Gasteiger partial charge in [-0.05, 0) is 41.0 Å². The SMILES string of the molecule is CCOC(C)OC(c1noc(C(C)(C)CC)n1)C1CC(F)CN1C(=O)OC(C)(C)C. The molecule has 0 radical (unpaired) electrons. The Balaban J connectivity index is 2.36. The van der Waals surface area contributed by atoms with E-state index in [1.807, 2.05) is 27.7 Å². The Morgan fingerprint density at radius 1 is 1.30 bits per heavy atom. The number of nitrogens with zero attached hydrogens (tertiary/aromatic N) is 3. The third-order valence-corrected chi connectivity index (χ3v) is 5.17. The van der Waals surface area contributed by atoms with Crippen LogP contribution in [0.5, 0.6) is 0 Å². The highest BCUT2D eigenvalue weighted by Gasteiger charge is 2.45. The Kier molecular flexibility index (Phi) is 7.85. The first kappa shape index (κ1) is 24.5. The van der Waals surface area contributed by atoms with Crippen molar-refractivity contribution < 1.29 is 27.9 Å². The molecule has 172 valence electrons. The molecule has 2 rings (SSSR count). The molecule has 0 spiro atoms. The first-order valence-corrected chi connectivity index (χ1v) is 10.6. The van der Waals surface area contributed by atoms with E-state index in [-0.39, 0.29) is 24.2 Å². The molecule has 30 heavy (non-hydrogen) atoms. The highest BCUT2D eigenvalue weighted by molar-refractivity contribution is 5.69. The largest absolute Gasteiger partial charge is 0.444 e. The second-order valence-electron chi connectivity index (χ2n) is 9.31. The van der Waals surface area contributed by atoms with Gasteiger partial charge in [0.05, 0.1) is 12.6 Å². The molecular weight excluding hydrogens is 393 g/mol. The zero-order chi connectivity index (χ0) is 22.7. The Labute approximate surface area is 178 Å². The highest BCUT2D eigenvalue weighted by atomic mass is 19.1. The monoisotopic (exact) mass is 429 g/mol. The van der Waals surface area contributed by atoms with Crippen molar-refractivity contribution in [3.05, 3.63) is 11.7 Å². The normalized spacial score (nSPS) is 22.2. The minimum atomic E-state index is -1.20. The number of halogens is 1. The summed E-state index contributed by atoms with van der Waals surface area (Å²) in [5.41, 5.74) is -1.01. The molecule has 1 fully saturated rings. The van der Waals surface area contributed by atoms with Crippen LogP contribution in [0.1, 0.15) is 86.1 Å². The van der Waals surface area contributed by atoms with Gasteiger partial charge in [-0.25, -0.2) is 9.18 Å². The average Bonchev–Trinajstić information content (AvgIpc) is 3.26. The number of likely N-dealkylation sites (tertiary alicyclic amines) is 1. The van der Waals surface area contributed by atoms with E-state index in [0.717, 1.165) is 6.42 Å². The van der Waals surface area contributed by atoms with Gasteiger partial charge in [0.15, 0.2) is 6.29 Å². The van der Waals surface area contributed by atoms with Crippen LogP contribution in [-0.2, 0) is 19.6 Å². The van der Waals surface area contributed by atoms with Crippen molar-refractivity contribution in [2.24, 2.45) is 0 Å². The van der Waals surface area contributed by atoms with Crippen molar-refractivity contribution >= 4 is 6.09 Å². The van der Waals surface area contributed by atoms with Gasteiger partial charge in [0.25, 0.3) is 0 Å². The lowest BCUT2D eigenvalue weighted by Crippen LogP contribution is -2.44. The third kappa shape index (κ3) is 6.14. The Morgan fingerprint density at radius 2 is 1.97 bits per heavy atom. The maximum absolute atomic E-state index is 14.4. The van der Waals surface area contributed by atoms with Crippen LogP contribution in [0.15, 0.2) is 4.52 Å². The van der Waals surface area contributed by atoms with Gasteiger partial charge in [-0.2, -0.15) is 4.98 Å². The van der Waals surface area contributed by atoms with Crippen molar-refractivity contribution in [1.29, 1.82) is 0 Å². The Hall–Kier alpha value is -1.74. The van der Waals surface area contributed by atoms with Gasteiger partial charge in [0, 0.05) is 18.4 Å². The van der Waals surface area contributed by atoms with E-state index in [4.69, 9.17) is 18.7 Å². The van der Waals surface area contributed by atoms with E-state index in [0.29, 0.717) is 12.5 Å². The molecule has 0 bridgehead atoms. The maximum Gasteiger partial charge on any atom is 0.410 e. The number of amides is 1. The number of rotatable bonds is 8. The van der Waals surface area contributed by atoms with Gasteiger partial charge in [-0.1, -0.05) is 25.9 Å². The molecule has 1 aliphatic heterocycles. The number of hydrogen-bond donors (Lipinski definition) is 0. The molecule has 0 aromatic carbocycles. The number of hydrogen-bond acceptors (Lipinski definition) is 7.